The van der Waals surface area contributed by atoms with Gasteiger partial charge in [-0.15, -0.1) is 11.6 Å². The molecule has 0 aromatic heterocycles. The first-order valence-electron chi connectivity index (χ1n) is 6.63. The predicted octanol–water partition coefficient (Wildman–Crippen LogP) is 3.86. The summed E-state index contributed by atoms with van der Waals surface area (Å²) in [5, 5.41) is -0.0403. The molecule has 0 aliphatic carbocycles. The number of halogens is 1. The maximum atomic E-state index is 6.52. The highest BCUT2D eigenvalue weighted by Gasteiger charge is 2.32. The lowest BCUT2D eigenvalue weighted by Crippen LogP contribution is -2.24. The fourth-order valence-corrected chi connectivity index (χ4v) is 3.18. The zero-order valence-electron chi connectivity index (χ0n) is 10.9. The van der Waals surface area contributed by atoms with Gasteiger partial charge in [-0.05, 0) is 43.9 Å². The molecule has 2 atom stereocenters. The Hall–Kier alpha value is -0.730. The van der Waals surface area contributed by atoms with Gasteiger partial charge in [0.05, 0.1) is 11.5 Å². The van der Waals surface area contributed by atoms with Crippen LogP contribution < -0.4 is 4.74 Å². The second-order valence-electron chi connectivity index (χ2n) is 5.86. The van der Waals surface area contributed by atoms with Crippen LogP contribution in [0.15, 0.2) is 18.2 Å². The van der Waals surface area contributed by atoms with Gasteiger partial charge >= 0.3 is 0 Å². The Kier molecular flexibility index (Phi) is 3.03. The monoisotopic (exact) mass is 266 g/mol. The van der Waals surface area contributed by atoms with Crippen LogP contribution in [0.25, 0.3) is 0 Å². The van der Waals surface area contributed by atoms with E-state index in [1.807, 2.05) is 6.07 Å². The largest absolute Gasteiger partial charge is 0.487 e. The van der Waals surface area contributed by atoms with Gasteiger partial charge in [-0.1, -0.05) is 12.1 Å². The van der Waals surface area contributed by atoms with E-state index in [0.717, 1.165) is 37.2 Å². The standard InChI is InChI=1S/C15H19ClO2/c1-15(2)9-11-8-10(5-6-12(11)18-15)14(16)13-4-3-7-17-13/h5-6,8,13-14H,3-4,7,9H2,1-2H3. The van der Waals surface area contributed by atoms with Gasteiger partial charge < -0.3 is 9.47 Å². The molecule has 3 rings (SSSR count). The second-order valence-corrected chi connectivity index (χ2v) is 6.33. The average Bonchev–Trinajstić information content (AvgIpc) is 2.91. The summed E-state index contributed by atoms with van der Waals surface area (Å²) in [5.74, 6) is 1.000. The lowest BCUT2D eigenvalue weighted by atomic mass is 9.98. The minimum Gasteiger partial charge on any atom is -0.487 e. The lowest BCUT2D eigenvalue weighted by Gasteiger charge is -2.17. The SMILES string of the molecule is CC1(C)Cc2cc(C(Cl)C3CCCO3)ccc2O1. The molecular weight excluding hydrogens is 248 g/mol. The van der Waals surface area contributed by atoms with Crippen molar-refractivity contribution in [3.05, 3.63) is 29.3 Å². The normalized spacial score (nSPS) is 26.7. The topological polar surface area (TPSA) is 18.5 Å². The Morgan fingerprint density at radius 2 is 2.22 bits per heavy atom. The fraction of sp³-hybridized carbons (Fsp3) is 0.600. The van der Waals surface area contributed by atoms with Crippen molar-refractivity contribution < 1.29 is 9.47 Å². The van der Waals surface area contributed by atoms with Crippen molar-refractivity contribution >= 4 is 11.6 Å². The fourth-order valence-electron chi connectivity index (χ4n) is 2.85. The number of rotatable bonds is 2. The minimum absolute atomic E-state index is 0.0403. The molecule has 1 fully saturated rings. The molecule has 0 spiro atoms. The highest BCUT2D eigenvalue weighted by Crippen LogP contribution is 2.39. The molecule has 2 unspecified atom stereocenters. The van der Waals surface area contributed by atoms with Crippen molar-refractivity contribution in [3.63, 3.8) is 0 Å². The van der Waals surface area contributed by atoms with E-state index >= 15 is 0 Å². The second kappa shape index (κ2) is 4.43. The first kappa shape index (κ1) is 12.3. The van der Waals surface area contributed by atoms with Crippen LogP contribution in [0, 0.1) is 0 Å². The van der Waals surface area contributed by atoms with E-state index < -0.39 is 0 Å². The Morgan fingerprint density at radius 3 is 2.94 bits per heavy atom. The molecule has 1 aromatic carbocycles. The molecular formula is C15H19ClO2. The Balaban J connectivity index is 1.83. The summed E-state index contributed by atoms with van der Waals surface area (Å²) in [6, 6.07) is 6.30. The van der Waals surface area contributed by atoms with Crippen LogP contribution in [0.3, 0.4) is 0 Å². The number of fused-ring (bicyclic) bond motifs is 1. The van der Waals surface area contributed by atoms with Crippen molar-refractivity contribution in [2.24, 2.45) is 0 Å². The van der Waals surface area contributed by atoms with Crippen molar-refractivity contribution in [2.45, 2.75) is 50.2 Å². The predicted molar refractivity (Wildman–Crippen MR) is 72.4 cm³/mol. The van der Waals surface area contributed by atoms with Crippen LogP contribution in [-0.2, 0) is 11.2 Å². The zero-order valence-corrected chi connectivity index (χ0v) is 11.7. The zero-order chi connectivity index (χ0) is 12.8. The van der Waals surface area contributed by atoms with Crippen molar-refractivity contribution in [1.82, 2.24) is 0 Å². The van der Waals surface area contributed by atoms with Crippen LogP contribution in [-0.4, -0.2) is 18.3 Å². The van der Waals surface area contributed by atoms with E-state index in [1.54, 1.807) is 0 Å². The smallest absolute Gasteiger partial charge is 0.123 e. The number of benzene rings is 1. The van der Waals surface area contributed by atoms with E-state index in [-0.39, 0.29) is 17.1 Å². The minimum atomic E-state index is -0.0907. The van der Waals surface area contributed by atoms with Gasteiger partial charge in [0.25, 0.3) is 0 Å². The molecule has 2 nitrogen and oxygen atoms in total. The van der Waals surface area contributed by atoms with Crippen LogP contribution >= 0.6 is 11.6 Å². The third kappa shape index (κ3) is 2.24. The van der Waals surface area contributed by atoms with Gasteiger partial charge in [-0.25, -0.2) is 0 Å². The van der Waals surface area contributed by atoms with E-state index in [1.165, 1.54) is 5.56 Å². The third-order valence-corrected chi connectivity index (χ3v) is 4.23. The number of alkyl halides is 1. The molecule has 0 N–H and O–H groups in total. The van der Waals surface area contributed by atoms with Crippen molar-refractivity contribution in [1.29, 1.82) is 0 Å². The first-order chi connectivity index (χ1) is 8.55. The van der Waals surface area contributed by atoms with Crippen LogP contribution in [0.4, 0.5) is 0 Å². The van der Waals surface area contributed by atoms with Gasteiger partial charge in [-0.2, -0.15) is 0 Å². The molecule has 98 valence electrons. The highest BCUT2D eigenvalue weighted by atomic mass is 35.5. The van der Waals surface area contributed by atoms with Gasteiger partial charge in [0.15, 0.2) is 0 Å². The highest BCUT2D eigenvalue weighted by molar-refractivity contribution is 6.21. The maximum absolute atomic E-state index is 6.52. The molecule has 0 amide bonds. The van der Waals surface area contributed by atoms with E-state index in [4.69, 9.17) is 21.1 Å². The molecule has 1 saturated heterocycles. The number of ether oxygens (including phenoxy) is 2. The Morgan fingerprint density at radius 1 is 1.39 bits per heavy atom. The number of hydrogen-bond donors (Lipinski definition) is 0. The molecule has 2 aliphatic rings. The summed E-state index contributed by atoms with van der Waals surface area (Å²) in [7, 11) is 0. The summed E-state index contributed by atoms with van der Waals surface area (Å²) >= 11 is 6.52. The molecule has 3 heteroatoms. The van der Waals surface area contributed by atoms with Gasteiger partial charge in [-0.3, -0.25) is 0 Å². The summed E-state index contributed by atoms with van der Waals surface area (Å²) in [4.78, 5) is 0. The summed E-state index contributed by atoms with van der Waals surface area (Å²) < 4.78 is 11.5. The molecule has 2 aliphatic heterocycles. The molecule has 0 bridgehead atoms. The first-order valence-corrected chi connectivity index (χ1v) is 7.06. The Bertz CT molecular complexity index is 450. The molecule has 1 aromatic rings. The third-order valence-electron chi connectivity index (χ3n) is 3.70. The summed E-state index contributed by atoms with van der Waals surface area (Å²) in [6.07, 6.45) is 3.30. The van der Waals surface area contributed by atoms with E-state index in [9.17, 15) is 0 Å². The van der Waals surface area contributed by atoms with Crippen LogP contribution in [0.2, 0.25) is 0 Å². The van der Waals surface area contributed by atoms with E-state index in [0.29, 0.717) is 0 Å². The van der Waals surface area contributed by atoms with Crippen LogP contribution in [0.5, 0.6) is 5.75 Å². The van der Waals surface area contributed by atoms with Gasteiger partial charge in [0, 0.05) is 13.0 Å². The summed E-state index contributed by atoms with van der Waals surface area (Å²) in [5.41, 5.74) is 2.33. The molecule has 0 radical (unpaired) electrons. The molecule has 0 saturated carbocycles. The summed E-state index contributed by atoms with van der Waals surface area (Å²) in [6.45, 7) is 5.07. The molecule has 18 heavy (non-hydrogen) atoms. The van der Waals surface area contributed by atoms with Crippen LogP contribution in [0.1, 0.15) is 43.2 Å². The quantitative estimate of drug-likeness (QED) is 0.757. The van der Waals surface area contributed by atoms with Crippen molar-refractivity contribution in [3.8, 4) is 5.75 Å². The maximum Gasteiger partial charge on any atom is 0.123 e. The average molecular weight is 267 g/mol. The van der Waals surface area contributed by atoms with Gasteiger partial charge in [0.2, 0.25) is 0 Å². The lowest BCUT2D eigenvalue weighted by molar-refractivity contribution is 0.107. The van der Waals surface area contributed by atoms with E-state index in [2.05, 4.69) is 26.0 Å². The number of hydrogen-bond acceptors (Lipinski definition) is 2. The Labute approximate surface area is 113 Å². The van der Waals surface area contributed by atoms with Gasteiger partial charge in [0.1, 0.15) is 11.4 Å². The van der Waals surface area contributed by atoms with Crippen molar-refractivity contribution in [2.75, 3.05) is 6.61 Å². The molecule has 2 heterocycles.